The van der Waals surface area contributed by atoms with Gasteiger partial charge < -0.3 is 10.3 Å². The second-order valence-electron chi connectivity index (χ2n) is 4.94. The van der Waals surface area contributed by atoms with Gasteiger partial charge in [-0.2, -0.15) is 0 Å². The van der Waals surface area contributed by atoms with Crippen molar-refractivity contribution in [2.24, 2.45) is 0 Å². The Morgan fingerprint density at radius 3 is 2.76 bits per heavy atom. The third-order valence-corrected chi connectivity index (χ3v) is 3.42. The lowest BCUT2D eigenvalue weighted by Gasteiger charge is -2.05. The highest BCUT2D eigenvalue weighted by Gasteiger charge is 2.08. The lowest BCUT2D eigenvalue weighted by atomic mass is 10.1. The maximum Gasteiger partial charge on any atom is 0.251 e. The maximum atomic E-state index is 12.2. The molecule has 0 aliphatic carbocycles. The number of aryl methyl sites for hydroxylation is 1. The second-order valence-corrected chi connectivity index (χ2v) is 4.94. The van der Waals surface area contributed by atoms with E-state index in [0.717, 1.165) is 28.8 Å². The molecule has 0 unspecified atom stereocenters. The van der Waals surface area contributed by atoms with E-state index in [4.69, 9.17) is 0 Å². The standard InChI is InChI=1S/C17H17N3O/c1-2-16-19-14-9-8-13(10-15(14)20-16)17(21)18-11-12-6-4-3-5-7-12/h3-10H,2,11H2,1H3,(H,18,21)(H,19,20). The van der Waals surface area contributed by atoms with E-state index in [9.17, 15) is 4.79 Å². The highest BCUT2D eigenvalue weighted by molar-refractivity contribution is 5.97. The Kier molecular flexibility index (Phi) is 3.69. The van der Waals surface area contributed by atoms with Crippen molar-refractivity contribution >= 4 is 16.9 Å². The van der Waals surface area contributed by atoms with Crippen LogP contribution >= 0.6 is 0 Å². The number of hydrogen-bond donors (Lipinski definition) is 2. The van der Waals surface area contributed by atoms with Crippen LogP contribution in [-0.2, 0) is 13.0 Å². The van der Waals surface area contributed by atoms with Crippen molar-refractivity contribution in [2.45, 2.75) is 19.9 Å². The first kappa shape index (κ1) is 13.4. The van der Waals surface area contributed by atoms with Crippen LogP contribution in [0.25, 0.3) is 11.0 Å². The van der Waals surface area contributed by atoms with Gasteiger partial charge in [0.2, 0.25) is 0 Å². The molecule has 0 saturated heterocycles. The molecule has 3 rings (SSSR count). The molecule has 0 saturated carbocycles. The fraction of sp³-hybridized carbons (Fsp3) is 0.176. The monoisotopic (exact) mass is 279 g/mol. The average molecular weight is 279 g/mol. The minimum Gasteiger partial charge on any atom is -0.348 e. The van der Waals surface area contributed by atoms with Gasteiger partial charge in [-0.3, -0.25) is 4.79 Å². The van der Waals surface area contributed by atoms with Crippen LogP contribution in [0.4, 0.5) is 0 Å². The molecule has 4 heteroatoms. The molecule has 3 aromatic rings. The summed E-state index contributed by atoms with van der Waals surface area (Å²) in [6.45, 7) is 2.58. The topological polar surface area (TPSA) is 57.8 Å². The average Bonchev–Trinajstić information content (AvgIpc) is 2.95. The Bertz CT molecular complexity index is 762. The molecule has 2 aromatic carbocycles. The Labute approximate surface area is 123 Å². The molecule has 1 aromatic heterocycles. The van der Waals surface area contributed by atoms with E-state index in [1.165, 1.54) is 0 Å². The van der Waals surface area contributed by atoms with E-state index < -0.39 is 0 Å². The molecule has 0 atom stereocenters. The summed E-state index contributed by atoms with van der Waals surface area (Å²) in [7, 11) is 0. The van der Waals surface area contributed by atoms with Crippen molar-refractivity contribution in [1.82, 2.24) is 15.3 Å². The zero-order valence-electron chi connectivity index (χ0n) is 11.9. The summed E-state index contributed by atoms with van der Waals surface area (Å²) < 4.78 is 0. The van der Waals surface area contributed by atoms with Gasteiger partial charge >= 0.3 is 0 Å². The van der Waals surface area contributed by atoms with Crippen LogP contribution in [0.15, 0.2) is 48.5 Å². The summed E-state index contributed by atoms with van der Waals surface area (Å²) >= 11 is 0. The van der Waals surface area contributed by atoms with Crippen molar-refractivity contribution in [2.75, 3.05) is 0 Å². The third-order valence-electron chi connectivity index (χ3n) is 3.42. The van der Waals surface area contributed by atoms with E-state index in [1.807, 2.05) is 55.5 Å². The number of aromatic amines is 1. The highest BCUT2D eigenvalue weighted by Crippen LogP contribution is 2.14. The first-order valence-electron chi connectivity index (χ1n) is 7.07. The summed E-state index contributed by atoms with van der Waals surface area (Å²) in [4.78, 5) is 19.9. The van der Waals surface area contributed by atoms with Crippen LogP contribution in [-0.4, -0.2) is 15.9 Å². The van der Waals surface area contributed by atoms with Gasteiger partial charge in [0, 0.05) is 18.5 Å². The quantitative estimate of drug-likeness (QED) is 0.771. The molecule has 0 bridgehead atoms. The van der Waals surface area contributed by atoms with E-state index in [2.05, 4.69) is 15.3 Å². The lowest BCUT2D eigenvalue weighted by molar-refractivity contribution is 0.0951. The largest absolute Gasteiger partial charge is 0.348 e. The van der Waals surface area contributed by atoms with Crippen molar-refractivity contribution in [3.63, 3.8) is 0 Å². The number of rotatable bonds is 4. The second kappa shape index (κ2) is 5.79. The normalized spacial score (nSPS) is 10.7. The van der Waals surface area contributed by atoms with E-state index in [-0.39, 0.29) is 5.91 Å². The smallest absolute Gasteiger partial charge is 0.251 e. The molecule has 106 valence electrons. The van der Waals surface area contributed by atoms with Gasteiger partial charge in [-0.15, -0.1) is 0 Å². The zero-order valence-corrected chi connectivity index (χ0v) is 11.9. The molecule has 1 amide bonds. The Morgan fingerprint density at radius 1 is 1.19 bits per heavy atom. The number of fused-ring (bicyclic) bond motifs is 1. The Hall–Kier alpha value is -2.62. The summed E-state index contributed by atoms with van der Waals surface area (Å²) in [5, 5.41) is 2.93. The number of benzene rings is 2. The number of amides is 1. The number of carbonyl (C=O) groups excluding carboxylic acids is 1. The van der Waals surface area contributed by atoms with E-state index in [0.29, 0.717) is 12.1 Å². The molecule has 0 aliphatic heterocycles. The zero-order chi connectivity index (χ0) is 14.7. The highest BCUT2D eigenvalue weighted by atomic mass is 16.1. The molecule has 4 nitrogen and oxygen atoms in total. The van der Waals surface area contributed by atoms with Gasteiger partial charge in [0.25, 0.3) is 5.91 Å². The minimum absolute atomic E-state index is 0.0756. The molecule has 2 N–H and O–H groups in total. The lowest BCUT2D eigenvalue weighted by Crippen LogP contribution is -2.22. The van der Waals surface area contributed by atoms with Gasteiger partial charge in [0.15, 0.2) is 0 Å². The van der Waals surface area contributed by atoms with Crippen LogP contribution in [0, 0.1) is 0 Å². The summed E-state index contributed by atoms with van der Waals surface area (Å²) in [6.07, 6.45) is 0.851. The van der Waals surface area contributed by atoms with Gasteiger partial charge in [-0.05, 0) is 23.8 Å². The fourth-order valence-corrected chi connectivity index (χ4v) is 2.25. The number of aromatic nitrogens is 2. The van der Waals surface area contributed by atoms with Crippen LogP contribution in [0.3, 0.4) is 0 Å². The number of imidazole rings is 1. The predicted octanol–water partition coefficient (Wildman–Crippen LogP) is 3.06. The van der Waals surface area contributed by atoms with Crippen LogP contribution < -0.4 is 5.32 Å². The van der Waals surface area contributed by atoms with Crippen molar-refractivity contribution < 1.29 is 4.79 Å². The Morgan fingerprint density at radius 2 is 2.00 bits per heavy atom. The van der Waals surface area contributed by atoms with Crippen LogP contribution in [0.1, 0.15) is 28.7 Å². The predicted molar refractivity (Wildman–Crippen MR) is 83.1 cm³/mol. The SMILES string of the molecule is CCc1nc2ccc(C(=O)NCc3ccccc3)cc2[nH]1. The molecule has 0 radical (unpaired) electrons. The van der Waals surface area contributed by atoms with E-state index >= 15 is 0 Å². The molecular weight excluding hydrogens is 262 g/mol. The van der Waals surface area contributed by atoms with Crippen LogP contribution in [0.2, 0.25) is 0 Å². The van der Waals surface area contributed by atoms with Gasteiger partial charge in [0.1, 0.15) is 5.82 Å². The number of hydrogen-bond acceptors (Lipinski definition) is 2. The first-order chi connectivity index (χ1) is 10.3. The van der Waals surface area contributed by atoms with Gasteiger partial charge in [-0.25, -0.2) is 4.98 Å². The summed E-state index contributed by atoms with van der Waals surface area (Å²) in [6, 6.07) is 15.4. The molecular formula is C17H17N3O. The summed E-state index contributed by atoms with van der Waals surface area (Å²) in [5.41, 5.74) is 3.53. The van der Waals surface area contributed by atoms with Crippen LogP contribution in [0.5, 0.6) is 0 Å². The molecule has 21 heavy (non-hydrogen) atoms. The fourth-order valence-electron chi connectivity index (χ4n) is 2.25. The summed E-state index contributed by atoms with van der Waals surface area (Å²) in [5.74, 6) is 0.861. The van der Waals surface area contributed by atoms with Crippen molar-refractivity contribution in [3.05, 3.63) is 65.5 Å². The van der Waals surface area contributed by atoms with Crippen molar-refractivity contribution in [1.29, 1.82) is 0 Å². The molecule has 0 spiro atoms. The third kappa shape index (κ3) is 2.94. The number of nitrogens with one attached hydrogen (secondary N) is 2. The van der Waals surface area contributed by atoms with E-state index in [1.54, 1.807) is 0 Å². The number of nitrogens with zero attached hydrogens (tertiary/aromatic N) is 1. The van der Waals surface area contributed by atoms with Crippen molar-refractivity contribution in [3.8, 4) is 0 Å². The Balaban J connectivity index is 1.75. The number of H-pyrrole nitrogens is 1. The first-order valence-corrected chi connectivity index (χ1v) is 7.07. The minimum atomic E-state index is -0.0756. The molecule has 1 heterocycles. The van der Waals surface area contributed by atoms with Gasteiger partial charge in [-0.1, -0.05) is 37.3 Å². The molecule has 0 fully saturated rings. The number of carbonyl (C=O) groups is 1. The maximum absolute atomic E-state index is 12.2. The van der Waals surface area contributed by atoms with Gasteiger partial charge in [0.05, 0.1) is 11.0 Å². The molecule has 0 aliphatic rings.